The molecule has 128 valence electrons. The molecular formula is C19H19N3O3. The molecule has 1 aromatic carbocycles. The second kappa shape index (κ2) is 7.72. The Bertz CT molecular complexity index is 818. The van der Waals surface area contributed by atoms with Gasteiger partial charge in [0.25, 0.3) is 5.91 Å². The Balaban J connectivity index is 1.61. The topological polar surface area (TPSA) is 88.3 Å². The fourth-order valence-corrected chi connectivity index (χ4v) is 2.44. The summed E-state index contributed by atoms with van der Waals surface area (Å²) in [5, 5.41) is 16.8. The van der Waals surface area contributed by atoms with E-state index in [2.05, 4.69) is 15.5 Å². The second-order valence-electron chi connectivity index (χ2n) is 5.83. The van der Waals surface area contributed by atoms with Crippen LogP contribution in [0.15, 0.2) is 65.4 Å². The van der Waals surface area contributed by atoms with Gasteiger partial charge in [0.2, 0.25) is 0 Å². The van der Waals surface area contributed by atoms with Crippen molar-refractivity contribution in [1.29, 1.82) is 0 Å². The minimum Gasteiger partial charge on any atom is -0.391 e. The van der Waals surface area contributed by atoms with Crippen molar-refractivity contribution in [1.82, 2.24) is 15.5 Å². The van der Waals surface area contributed by atoms with Gasteiger partial charge in [0, 0.05) is 30.4 Å². The maximum atomic E-state index is 12.3. The van der Waals surface area contributed by atoms with Crippen molar-refractivity contribution in [3.8, 4) is 11.3 Å². The molecule has 6 heteroatoms. The number of aliphatic hydroxyl groups excluding tert-OH is 1. The van der Waals surface area contributed by atoms with Gasteiger partial charge >= 0.3 is 0 Å². The number of carbonyl (C=O) groups is 1. The van der Waals surface area contributed by atoms with Gasteiger partial charge in [0.1, 0.15) is 0 Å². The molecule has 0 bridgehead atoms. The summed E-state index contributed by atoms with van der Waals surface area (Å²) in [4.78, 5) is 16.2. The molecule has 6 nitrogen and oxygen atoms in total. The lowest BCUT2D eigenvalue weighted by Gasteiger charge is -2.19. The Morgan fingerprint density at radius 2 is 1.92 bits per heavy atom. The molecule has 0 spiro atoms. The van der Waals surface area contributed by atoms with Crippen LogP contribution in [0.2, 0.25) is 0 Å². The molecule has 3 rings (SSSR count). The number of hydrogen-bond donors (Lipinski definition) is 2. The van der Waals surface area contributed by atoms with Crippen LogP contribution in [0.3, 0.4) is 0 Å². The number of hydrogen-bond acceptors (Lipinski definition) is 5. The predicted octanol–water partition coefficient (Wildman–Crippen LogP) is 2.46. The third-order valence-corrected chi connectivity index (χ3v) is 3.93. The van der Waals surface area contributed by atoms with Crippen LogP contribution in [-0.2, 0) is 6.42 Å². The first-order valence-electron chi connectivity index (χ1n) is 8.03. The van der Waals surface area contributed by atoms with Crippen LogP contribution in [0.25, 0.3) is 11.3 Å². The quantitative estimate of drug-likeness (QED) is 0.721. The highest BCUT2D eigenvalue weighted by atomic mass is 16.5. The number of nitrogens with one attached hydrogen (secondary N) is 1. The molecule has 2 unspecified atom stereocenters. The molecule has 0 aliphatic heterocycles. The first kappa shape index (κ1) is 16.9. The van der Waals surface area contributed by atoms with E-state index < -0.39 is 12.1 Å². The van der Waals surface area contributed by atoms with Crippen molar-refractivity contribution in [3.63, 3.8) is 0 Å². The number of aromatic nitrogens is 2. The van der Waals surface area contributed by atoms with Crippen LogP contribution in [0.5, 0.6) is 0 Å². The monoisotopic (exact) mass is 337 g/mol. The largest absolute Gasteiger partial charge is 0.391 e. The molecule has 0 saturated carbocycles. The summed E-state index contributed by atoms with van der Waals surface area (Å²) >= 11 is 0. The standard InChI is InChI=1S/C19H19N3O3/c1-13(17(23)11-14-5-3-2-4-6-14)21-19(24)16-12-18(25-22-16)15-7-9-20-10-8-15/h2-10,12-13,17,23H,11H2,1H3,(H,21,24). The van der Waals surface area contributed by atoms with E-state index >= 15 is 0 Å². The van der Waals surface area contributed by atoms with Crippen molar-refractivity contribution >= 4 is 5.91 Å². The summed E-state index contributed by atoms with van der Waals surface area (Å²) in [7, 11) is 0. The summed E-state index contributed by atoms with van der Waals surface area (Å²) in [6.45, 7) is 1.76. The average Bonchev–Trinajstić information content (AvgIpc) is 3.13. The van der Waals surface area contributed by atoms with E-state index in [1.807, 2.05) is 30.3 Å². The van der Waals surface area contributed by atoms with Gasteiger partial charge in [0.15, 0.2) is 11.5 Å². The molecule has 1 amide bonds. The van der Waals surface area contributed by atoms with Crippen molar-refractivity contribution in [2.45, 2.75) is 25.5 Å². The Morgan fingerprint density at radius 1 is 1.20 bits per heavy atom. The highest BCUT2D eigenvalue weighted by Crippen LogP contribution is 2.19. The van der Waals surface area contributed by atoms with Gasteiger partial charge in [0.05, 0.1) is 12.1 Å². The van der Waals surface area contributed by atoms with Crippen LogP contribution in [0.1, 0.15) is 23.0 Å². The van der Waals surface area contributed by atoms with Crippen LogP contribution < -0.4 is 5.32 Å². The average molecular weight is 337 g/mol. The SMILES string of the molecule is CC(NC(=O)c1cc(-c2ccncc2)on1)C(O)Cc1ccccc1. The van der Waals surface area contributed by atoms with Crippen LogP contribution in [0.4, 0.5) is 0 Å². The predicted molar refractivity (Wildman–Crippen MR) is 92.8 cm³/mol. The molecule has 0 aliphatic rings. The van der Waals surface area contributed by atoms with Gasteiger partial charge < -0.3 is 14.9 Å². The molecule has 0 radical (unpaired) electrons. The van der Waals surface area contributed by atoms with Crippen LogP contribution in [-0.4, -0.2) is 33.3 Å². The minimum absolute atomic E-state index is 0.172. The highest BCUT2D eigenvalue weighted by molar-refractivity contribution is 5.93. The summed E-state index contributed by atoms with van der Waals surface area (Å²) < 4.78 is 5.21. The molecule has 3 aromatic rings. The lowest BCUT2D eigenvalue weighted by Crippen LogP contribution is -2.42. The molecule has 2 heterocycles. The number of benzene rings is 1. The minimum atomic E-state index is -0.696. The van der Waals surface area contributed by atoms with Gasteiger partial charge in [-0.3, -0.25) is 9.78 Å². The van der Waals surface area contributed by atoms with E-state index in [-0.39, 0.29) is 11.6 Å². The summed E-state index contributed by atoms with van der Waals surface area (Å²) in [6.07, 6.45) is 3.04. The summed E-state index contributed by atoms with van der Waals surface area (Å²) in [6, 6.07) is 14.3. The molecule has 2 aromatic heterocycles. The number of pyridine rings is 1. The van der Waals surface area contributed by atoms with E-state index in [1.165, 1.54) is 0 Å². The molecule has 2 N–H and O–H groups in total. The highest BCUT2D eigenvalue weighted by Gasteiger charge is 2.20. The zero-order chi connectivity index (χ0) is 17.6. The first-order valence-corrected chi connectivity index (χ1v) is 8.03. The van der Waals surface area contributed by atoms with Gasteiger partial charge in [-0.25, -0.2) is 0 Å². The van der Waals surface area contributed by atoms with E-state index in [0.29, 0.717) is 12.2 Å². The number of amides is 1. The molecule has 25 heavy (non-hydrogen) atoms. The number of nitrogens with zero attached hydrogens (tertiary/aromatic N) is 2. The molecular weight excluding hydrogens is 318 g/mol. The fourth-order valence-electron chi connectivity index (χ4n) is 2.44. The third kappa shape index (κ3) is 4.30. The lowest BCUT2D eigenvalue weighted by atomic mass is 10.0. The van der Waals surface area contributed by atoms with Crippen molar-refractivity contribution < 1.29 is 14.4 Å². The fraction of sp³-hybridized carbons (Fsp3) is 0.211. The number of rotatable bonds is 6. The second-order valence-corrected chi connectivity index (χ2v) is 5.83. The van der Waals surface area contributed by atoms with Crippen molar-refractivity contribution in [2.24, 2.45) is 0 Å². The van der Waals surface area contributed by atoms with Gasteiger partial charge in [-0.1, -0.05) is 35.5 Å². The Labute approximate surface area is 145 Å². The van der Waals surface area contributed by atoms with Crippen molar-refractivity contribution in [2.75, 3.05) is 0 Å². The molecule has 0 fully saturated rings. The number of carbonyl (C=O) groups excluding carboxylic acids is 1. The third-order valence-electron chi connectivity index (χ3n) is 3.93. The van der Waals surface area contributed by atoms with E-state index in [4.69, 9.17) is 4.52 Å². The van der Waals surface area contributed by atoms with Crippen LogP contribution in [0, 0.1) is 0 Å². The zero-order valence-corrected chi connectivity index (χ0v) is 13.8. The van der Waals surface area contributed by atoms with E-state index in [0.717, 1.165) is 11.1 Å². The van der Waals surface area contributed by atoms with Crippen LogP contribution >= 0.6 is 0 Å². The maximum absolute atomic E-state index is 12.3. The maximum Gasteiger partial charge on any atom is 0.273 e. The Hall–Kier alpha value is -2.99. The Morgan fingerprint density at radius 3 is 2.64 bits per heavy atom. The smallest absolute Gasteiger partial charge is 0.273 e. The van der Waals surface area contributed by atoms with Gasteiger partial charge in [-0.05, 0) is 24.6 Å². The van der Waals surface area contributed by atoms with Gasteiger partial charge in [-0.15, -0.1) is 0 Å². The van der Waals surface area contributed by atoms with Gasteiger partial charge in [-0.2, -0.15) is 0 Å². The Kier molecular flexibility index (Phi) is 5.20. The number of aliphatic hydroxyl groups is 1. The molecule has 0 saturated heterocycles. The first-order chi connectivity index (χ1) is 12.1. The summed E-state index contributed by atoms with van der Waals surface area (Å²) in [5.74, 6) is 0.105. The normalized spacial score (nSPS) is 13.2. The van der Waals surface area contributed by atoms with E-state index in [1.54, 1.807) is 37.5 Å². The molecule has 0 aliphatic carbocycles. The zero-order valence-electron chi connectivity index (χ0n) is 13.8. The van der Waals surface area contributed by atoms with E-state index in [9.17, 15) is 9.90 Å². The van der Waals surface area contributed by atoms with Crippen molar-refractivity contribution in [3.05, 3.63) is 72.2 Å². The lowest BCUT2D eigenvalue weighted by molar-refractivity contribution is 0.0843. The summed E-state index contributed by atoms with van der Waals surface area (Å²) in [5.41, 5.74) is 1.97. The molecule has 2 atom stereocenters.